The van der Waals surface area contributed by atoms with Gasteiger partial charge < -0.3 is 10.2 Å². The summed E-state index contributed by atoms with van der Waals surface area (Å²) < 4.78 is 26.7. The first-order chi connectivity index (χ1) is 13.1. The smallest absolute Gasteiger partial charge is 0.252 e. The van der Waals surface area contributed by atoms with Crippen molar-refractivity contribution in [3.8, 4) is 0 Å². The number of halogens is 1. The maximum Gasteiger partial charge on any atom is 0.252 e. The number of nitrogens with one attached hydrogen (secondary N) is 1. The molecule has 0 aliphatic rings. The van der Waals surface area contributed by atoms with Crippen molar-refractivity contribution >= 4 is 38.9 Å². The number of amides is 1. The summed E-state index contributed by atoms with van der Waals surface area (Å²) in [4.78, 5) is 15.9. The van der Waals surface area contributed by atoms with Crippen LogP contribution in [0.4, 0.5) is 0 Å². The van der Waals surface area contributed by atoms with Gasteiger partial charge >= 0.3 is 0 Å². The molecule has 1 N–H and O–H groups in total. The van der Waals surface area contributed by atoms with E-state index < -0.39 is 15.9 Å². The zero-order valence-electron chi connectivity index (χ0n) is 16.6. The average Bonchev–Trinajstić information content (AvgIpc) is 3.15. The summed E-state index contributed by atoms with van der Waals surface area (Å²) in [6.07, 6.45) is 0. The highest BCUT2D eigenvalue weighted by molar-refractivity contribution is 7.89. The first-order valence-electron chi connectivity index (χ1n) is 8.81. The first-order valence-corrected chi connectivity index (χ1v) is 11.5. The van der Waals surface area contributed by atoms with Gasteiger partial charge in [-0.2, -0.15) is 4.31 Å². The van der Waals surface area contributed by atoms with E-state index in [0.717, 1.165) is 4.88 Å². The van der Waals surface area contributed by atoms with Crippen LogP contribution in [0, 0.1) is 0 Å². The third-order valence-electron chi connectivity index (χ3n) is 4.54. The van der Waals surface area contributed by atoms with Crippen LogP contribution >= 0.6 is 22.9 Å². The zero-order chi connectivity index (χ0) is 21.1. The van der Waals surface area contributed by atoms with E-state index in [4.69, 9.17) is 11.6 Å². The van der Waals surface area contributed by atoms with Crippen LogP contribution in [0.25, 0.3) is 0 Å². The van der Waals surface area contributed by atoms with Gasteiger partial charge in [0.05, 0.1) is 21.5 Å². The lowest BCUT2D eigenvalue weighted by molar-refractivity contribution is 0.0942. The number of hydrogen-bond donors (Lipinski definition) is 1. The number of carbonyl (C=O) groups excluding carboxylic acids is 1. The molecule has 2 aromatic rings. The highest BCUT2D eigenvalue weighted by Gasteiger charge is 2.25. The van der Waals surface area contributed by atoms with E-state index in [1.165, 1.54) is 29.6 Å². The summed E-state index contributed by atoms with van der Waals surface area (Å²) >= 11 is 7.80. The van der Waals surface area contributed by atoms with Crippen molar-refractivity contribution in [2.75, 3.05) is 27.7 Å². The van der Waals surface area contributed by atoms with Crippen LogP contribution in [-0.4, -0.2) is 57.3 Å². The number of benzene rings is 1. The molecule has 1 aromatic carbocycles. The molecule has 1 atom stereocenters. The summed E-state index contributed by atoms with van der Waals surface area (Å²) in [7, 11) is 1.69. The minimum Gasteiger partial charge on any atom is -0.350 e. The van der Waals surface area contributed by atoms with Gasteiger partial charge in [-0.1, -0.05) is 17.7 Å². The number of hydrogen-bond acceptors (Lipinski definition) is 5. The molecule has 2 rings (SSSR count). The Bertz CT molecular complexity index is 913. The molecule has 1 heterocycles. The van der Waals surface area contributed by atoms with Crippen molar-refractivity contribution in [3.63, 3.8) is 0 Å². The molecule has 0 fully saturated rings. The second-order valence-corrected chi connectivity index (χ2v) is 10.3. The molecule has 0 radical (unpaired) electrons. The normalized spacial score (nSPS) is 13.3. The highest BCUT2D eigenvalue weighted by Crippen LogP contribution is 2.25. The van der Waals surface area contributed by atoms with E-state index in [0.29, 0.717) is 6.54 Å². The van der Waals surface area contributed by atoms with Crippen molar-refractivity contribution in [1.29, 1.82) is 0 Å². The minimum atomic E-state index is -3.70. The summed E-state index contributed by atoms with van der Waals surface area (Å²) in [5, 5.41) is 5.07. The van der Waals surface area contributed by atoms with E-state index in [-0.39, 0.29) is 27.6 Å². The Hall–Kier alpha value is -1.45. The van der Waals surface area contributed by atoms with Crippen LogP contribution in [0.2, 0.25) is 5.02 Å². The van der Waals surface area contributed by atoms with Gasteiger partial charge in [-0.3, -0.25) is 4.79 Å². The fraction of sp³-hybridized carbons (Fsp3) is 0.421. The molecule has 1 amide bonds. The molecule has 9 heteroatoms. The van der Waals surface area contributed by atoms with Gasteiger partial charge in [-0.25, -0.2) is 8.42 Å². The Morgan fingerprint density at radius 1 is 1.21 bits per heavy atom. The Morgan fingerprint density at radius 3 is 2.43 bits per heavy atom. The summed E-state index contributed by atoms with van der Waals surface area (Å²) in [5.41, 5.74) is 0.142. The minimum absolute atomic E-state index is 0.0155. The topological polar surface area (TPSA) is 69.7 Å². The van der Waals surface area contributed by atoms with Crippen LogP contribution in [0.3, 0.4) is 0 Å². The first kappa shape index (κ1) is 22.8. The Labute approximate surface area is 176 Å². The number of carbonyl (C=O) groups is 1. The molecule has 0 spiro atoms. The Morgan fingerprint density at radius 2 is 1.89 bits per heavy atom. The van der Waals surface area contributed by atoms with Crippen LogP contribution in [-0.2, 0) is 10.0 Å². The van der Waals surface area contributed by atoms with Gasteiger partial charge in [0.25, 0.3) is 5.91 Å². The van der Waals surface area contributed by atoms with Gasteiger partial charge in [-0.05, 0) is 57.6 Å². The third kappa shape index (κ3) is 5.12. The molecule has 0 aliphatic carbocycles. The van der Waals surface area contributed by atoms with Crippen molar-refractivity contribution in [1.82, 2.24) is 14.5 Å². The van der Waals surface area contributed by atoms with Crippen LogP contribution in [0.5, 0.6) is 0 Å². The lowest BCUT2D eigenvalue weighted by atomic mass is 10.2. The van der Waals surface area contributed by atoms with E-state index in [9.17, 15) is 13.2 Å². The molecule has 0 bridgehead atoms. The van der Waals surface area contributed by atoms with Gasteiger partial charge in [0.2, 0.25) is 10.0 Å². The van der Waals surface area contributed by atoms with E-state index in [2.05, 4.69) is 5.32 Å². The molecular weight excluding hydrogens is 418 g/mol. The Balaban J connectivity index is 2.24. The maximum absolute atomic E-state index is 12.7. The predicted molar refractivity (Wildman–Crippen MR) is 115 cm³/mol. The number of thiophene rings is 1. The fourth-order valence-corrected chi connectivity index (χ4v) is 5.11. The highest BCUT2D eigenvalue weighted by atomic mass is 35.5. The molecule has 1 aromatic heterocycles. The largest absolute Gasteiger partial charge is 0.350 e. The number of nitrogens with zero attached hydrogens (tertiary/aromatic N) is 2. The summed E-state index contributed by atoms with van der Waals surface area (Å²) in [6, 6.07) is 7.99. The standard InChI is InChI=1S/C19H26ClN3O3S2/c1-13(2)23(5)28(25,26)14-8-9-16(20)15(11-14)19(24)21-12-17(22(3)4)18-7-6-10-27-18/h6-11,13,17H,12H2,1-5H3,(H,21,24). The van der Waals surface area contributed by atoms with Gasteiger partial charge in [0.15, 0.2) is 0 Å². The van der Waals surface area contributed by atoms with Gasteiger partial charge in [0, 0.05) is 24.5 Å². The molecule has 6 nitrogen and oxygen atoms in total. The maximum atomic E-state index is 12.7. The quantitative estimate of drug-likeness (QED) is 0.678. The molecule has 0 saturated carbocycles. The summed E-state index contributed by atoms with van der Waals surface area (Å²) in [5.74, 6) is -0.405. The van der Waals surface area contributed by atoms with Crippen LogP contribution in [0.1, 0.15) is 35.1 Å². The molecule has 0 saturated heterocycles. The SMILES string of the molecule is CC(C)N(C)S(=O)(=O)c1ccc(Cl)c(C(=O)NCC(c2cccs2)N(C)C)c1. The van der Waals surface area contributed by atoms with Crippen molar-refractivity contribution in [2.45, 2.75) is 30.8 Å². The van der Waals surface area contributed by atoms with Crippen molar-refractivity contribution in [2.24, 2.45) is 0 Å². The fourth-order valence-electron chi connectivity index (χ4n) is 2.59. The number of likely N-dealkylation sites (N-methyl/N-ethyl adjacent to an activating group) is 1. The predicted octanol–water partition coefficient (Wildman–Crippen LogP) is 3.46. The van der Waals surface area contributed by atoms with Gasteiger partial charge in [0.1, 0.15) is 0 Å². The van der Waals surface area contributed by atoms with Crippen LogP contribution < -0.4 is 5.32 Å². The second-order valence-electron chi connectivity index (χ2n) is 6.96. The number of sulfonamides is 1. The molecule has 154 valence electrons. The number of rotatable bonds is 8. The summed E-state index contributed by atoms with van der Waals surface area (Å²) in [6.45, 7) is 3.95. The zero-order valence-corrected chi connectivity index (χ0v) is 19.0. The second kappa shape index (κ2) is 9.37. The molecule has 0 aliphatic heterocycles. The van der Waals surface area contributed by atoms with Crippen molar-refractivity contribution < 1.29 is 13.2 Å². The Kier molecular flexibility index (Phi) is 7.64. The van der Waals surface area contributed by atoms with Crippen molar-refractivity contribution in [3.05, 3.63) is 51.2 Å². The van der Waals surface area contributed by atoms with E-state index in [1.807, 2.05) is 36.5 Å². The van der Waals surface area contributed by atoms with E-state index in [1.54, 1.807) is 25.2 Å². The lowest BCUT2D eigenvalue weighted by Gasteiger charge is -2.24. The van der Waals surface area contributed by atoms with Crippen LogP contribution in [0.15, 0.2) is 40.6 Å². The lowest BCUT2D eigenvalue weighted by Crippen LogP contribution is -2.35. The molecule has 28 heavy (non-hydrogen) atoms. The molecular formula is C19H26ClN3O3S2. The monoisotopic (exact) mass is 443 g/mol. The average molecular weight is 444 g/mol. The van der Waals surface area contributed by atoms with E-state index >= 15 is 0 Å². The van der Waals surface area contributed by atoms with Gasteiger partial charge in [-0.15, -0.1) is 11.3 Å². The third-order valence-corrected chi connectivity index (χ3v) is 7.87. The molecule has 1 unspecified atom stereocenters.